The van der Waals surface area contributed by atoms with E-state index in [9.17, 15) is 0 Å². The van der Waals surface area contributed by atoms with Gasteiger partial charge < -0.3 is 4.90 Å². The Morgan fingerprint density at radius 3 is 1.64 bits per heavy atom. The van der Waals surface area contributed by atoms with Crippen LogP contribution in [0.4, 0.5) is 17.1 Å². The fraction of sp³-hybridized carbons (Fsp3) is 0.0857. The van der Waals surface area contributed by atoms with Crippen LogP contribution in [0.1, 0.15) is 25.0 Å². The van der Waals surface area contributed by atoms with Gasteiger partial charge in [0.05, 0.1) is 5.69 Å². The minimum Gasteiger partial charge on any atom is -0.310 e. The molecule has 1 aliphatic rings. The predicted molar refractivity (Wildman–Crippen MR) is 154 cm³/mol. The van der Waals surface area contributed by atoms with Crippen molar-refractivity contribution in [1.82, 2.24) is 0 Å². The summed E-state index contributed by atoms with van der Waals surface area (Å²) in [5.74, 6) is 0. The van der Waals surface area contributed by atoms with Gasteiger partial charge >= 0.3 is 0 Å². The van der Waals surface area contributed by atoms with Crippen molar-refractivity contribution in [2.24, 2.45) is 0 Å². The summed E-state index contributed by atoms with van der Waals surface area (Å²) in [5.41, 5.74) is 8.95. The predicted octanol–water partition coefficient (Wildman–Crippen LogP) is 9.77. The lowest BCUT2D eigenvalue weighted by Crippen LogP contribution is -2.16. The molecule has 0 aliphatic heterocycles. The molecule has 0 unspecified atom stereocenters. The highest BCUT2D eigenvalue weighted by molar-refractivity contribution is 5.98. The van der Waals surface area contributed by atoms with Crippen molar-refractivity contribution in [3.8, 4) is 11.1 Å². The highest BCUT2D eigenvalue weighted by Crippen LogP contribution is 2.54. The van der Waals surface area contributed by atoms with Gasteiger partial charge in [0.15, 0.2) is 0 Å². The molecular formula is C35H27N. The second-order valence-electron chi connectivity index (χ2n) is 10.3. The maximum absolute atomic E-state index is 2.44. The zero-order chi connectivity index (χ0) is 24.3. The Morgan fingerprint density at radius 1 is 0.472 bits per heavy atom. The number of hydrogen-bond acceptors (Lipinski definition) is 1. The minimum absolute atomic E-state index is 0.0413. The Hall–Kier alpha value is -4.36. The molecule has 0 amide bonds. The van der Waals surface area contributed by atoms with Crippen LogP contribution in [0.15, 0.2) is 127 Å². The first-order chi connectivity index (χ1) is 17.6. The largest absolute Gasteiger partial charge is 0.310 e. The molecule has 0 saturated heterocycles. The van der Waals surface area contributed by atoms with E-state index in [1.54, 1.807) is 0 Å². The molecule has 36 heavy (non-hydrogen) atoms. The lowest BCUT2D eigenvalue weighted by molar-refractivity contribution is 0.660. The van der Waals surface area contributed by atoms with Gasteiger partial charge in [0.1, 0.15) is 0 Å². The number of hydrogen-bond donors (Lipinski definition) is 0. The van der Waals surface area contributed by atoms with Crippen LogP contribution in [-0.4, -0.2) is 0 Å². The molecule has 0 bridgehead atoms. The smallest absolute Gasteiger partial charge is 0.0543 e. The minimum atomic E-state index is -0.0413. The number of benzene rings is 6. The first-order valence-electron chi connectivity index (χ1n) is 12.6. The third-order valence-electron chi connectivity index (χ3n) is 7.81. The van der Waals surface area contributed by atoms with Gasteiger partial charge in [-0.15, -0.1) is 0 Å². The molecule has 172 valence electrons. The van der Waals surface area contributed by atoms with Gasteiger partial charge in [-0.25, -0.2) is 0 Å². The zero-order valence-electron chi connectivity index (χ0n) is 20.6. The van der Waals surface area contributed by atoms with Crippen molar-refractivity contribution in [2.45, 2.75) is 19.3 Å². The van der Waals surface area contributed by atoms with Crippen molar-refractivity contribution < 1.29 is 0 Å². The van der Waals surface area contributed by atoms with Crippen LogP contribution in [-0.2, 0) is 5.41 Å². The molecule has 0 radical (unpaired) electrons. The topological polar surface area (TPSA) is 3.24 Å². The van der Waals surface area contributed by atoms with E-state index in [-0.39, 0.29) is 5.41 Å². The molecule has 6 aromatic carbocycles. The molecule has 7 rings (SSSR count). The molecule has 0 heterocycles. The Morgan fingerprint density at radius 2 is 1.00 bits per heavy atom. The normalized spacial score (nSPS) is 13.5. The van der Waals surface area contributed by atoms with E-state index in [2.05, 4.69) is 146 Å². The maximum atomic E-state index is 2.44. The third-order valence-corrected chi connectivity index (χ3v) is 7.81. The summed E-state index contributed by atoms with van der Waals surface area (Å²) in [5, 5.41) is 5.00. The summed E-state index contributed by atoms with van der Waals surface area (Å²) in [6.07, 6.45) is 0. The standard InChI is InChI=1S/C35H27N/c1-35(2)31-15-8-7-14-30(31)34-32(35)16-9-17-33(34)36(28-20-18-24-10-3-5-12-26(24)22-28)29-21-19-25-11-4-6-13-27(25)23-29/h3-23H,1-2H3. The number of anilines is 3. The molecule has 1 aliphatic carbocycles. The van der Waals surface area contributed by atoms with Crippen molar-refractivity contribution in [3.05, 3.63) is 139 Å². The molecule has 0 N–H and O–H groups in total. The lowest BCUT2D eigenvalue weighted by atomic mass is 9.82. The Balaban J connectivity index is 1.53. The summed E-state index contributed by atoms with van der Waals surface area (Å²) >= 11 is 0. The van der Waals surface area contributed by atoms with Gasteiger partial charge in [-0.3, -0.25) is 0 Å². The van der Waals surface area contributed by atoms with Crippen molar-refractivity contribution in [3.63, 3.8) is 0 Å². The van der Waals surface area contributed by atoms with Crippen LogP contribution in [0.2, 0.25) is 0 Å². The van der Waals surface area contributed by atoms with Crippen LogP contribution in [0.5, 0.6) is 0 Å². The molecule has 1 heteroatoms. The molecule has 6 aromatic rings. The van der Waals surface area contributed by atoms with Crippen LogP contribution in [0.3, 0.4) is 0 Å². The summed E-state index contributed by atoms with van der Waals surface area (Å²) in [6, 6.07) is 46.5. The van der Waals surface area contributed by atoms with E-state index in [4.69, 9.17) is 0 Å². The fourth-order valence-electron chi connectivity index (χ4n) is 5.98. The van der Waals surface area contributed by atoms with E-state index in [0.29, 0.717) is 0 Å². The summed E-state index contributed by atoms with van der Waals surface area (Å²) in [6.45, 7) is 4.69. The summed E-state index contributed by atoms with van der Waals surface area (Å²) in [4.78, 5) is 2.44. The van der Waals surface area contributed by atoms with E-state index in [0.717, 1.165) is 0 Å². The monoisotopic (exact) mass is 461 g/mol. The van der Waals surface area contributed by atoms with Crippen molar-refractivity contribution >= 4 is 38.6 Å². The molecule has 0 fully saturated rings. The molecule has 0 saturated carbocycles. The Kier molecular flexibility index (Phi) is 4.56. The van der Waals surface area contributed by atoms with Crippen molar-refractivity contribution in [2.75, 3.05) is 4.90 Å². The average Bonchev–Trinajstić information content (AvgIpc) is 3.16. The van der Waals surface area contributed by atoms with Gasteiger partial charge in [-0.2, -0.15) is 0 Å². The number of fused-ring (bicyclic) bond motifs is 5. The highest BCUT2D eigenvalue weighted by Gasteiger charge is 2.37. The second-order valence-corrected chi connectivity index (χ2v) is 10.3. The number of nitrogens with zero attached hydrogens (tertiary/aromatic N) is 1. The lowest BCUT2D eigenvalue weighted by Gasteiger charge is -2.29. The average molecular weight is 462 g/mol. The molecular weight excluding hydrogens is 434 g/mol. The van der Waals surface area contributed by atoms with Gasteiger partial charge in [0.25, 0.3) is 0 Å². The first-order valence-corrected chi connectivity index (χ1v) is 12.6. The van der Waals surface area contributed by atoms with E-state index in [1.807, 2.05) is 0 Å². The molecule has 0 aromatic heterocycles. The highest BCUT2D eigenvalue weighted by atomic mass is 15.1. The van der Waals surface area contributed by atoms with Gasteiger partial charge in [0, 0.05) is 22.4 Å². The fourth-order valence-corrected chi connectivity index (χ4v) is 5.98. The van der Waals surface area contributed by atoms with Crippen LogP contribution in [0, 0.1) is 0 Å². The van der Waals surface area contributed by atoms with Gasteiger partial charge in [-0.1, -0.05) is 111 Å². The molecule has 0 atom stereocenters. The van der Waals surface area contributed by atoms with E-state index < -0.39 is 0 Å². The number of rotatable bonds is 3. The first kappa shape index (κ1) is 21.0. The maximum Gasteiger partial charge on any atom is 0.0543 e. The van der Waals surface area contributed by atoms with Gasteiger partial charge in [-0.05, 0) is 68.6 Å². The van der Waals surface area contributed by atoms with Crippen LogP contribution in [0.25, 0.3) is 32.7 Å². The molecule has 1 nitrogen and oxygen atoms in total. The Labute approximate surface area is 212 Å². The van der Waals surface area contributed by atoms with E-state index in [1.165, 1.54) is 60.9 Å². The van der Waals surface area contributed by atoms with Crippen molar-refractivity contribution in [1.29, 1.82) is 0 Å². The summed E-state index contributed by atoms with van der Waals surface area (Å²) in [7, 11) is 0. The quantitative estimate of drug-likeness (QED) is 0.253. The second kappa shape index (κ2) is 7.83. The molecule has 0 spiro atoms. The summed E-state index contributed by atoms with van der Waals surface area (Å²) < 4.78 is 0. The zero-order valence-corrected chi connectivity index (χ0v) is 20.6. The van der Waals surface area contributed by atoms with Crippen LogP contribution < -0.4 is 4.90 Å². The third kappa shape index (κ3) is 3.09. The van der Waals surface area contributed by atoms with Gasteiger partial charge in [0.2, 0.25) is 0 Å². The van der Waals surface area contributed by atoms with Crippen LogP contribution >= 0.6 is 0 Å². The van der Waals surface area contributed by atoms with E-state index >= 15 is 0 Å². The SMILES string of the molecule is CC1(C)c2ccccc2-c2c(N(c3ccc4ccccc4c3)c3ccc4ccccc4c3)cccc21. The Bertz CT molecular complexity index is 1700.